The Labute approximate surface area is 129 Å². The first-order valence-corrected chi connectivity index (χ1v) is 6.66. The van der Waals surface area contributed by atoms with E-state index < -0.39 is 10.8 Å². The molecule has 114 valence electrons. The average Bonchev–Trinajstić information content (AvgIpc) is 2.54. The summed E-state index contributed by atoms with van der Waals surface area (Å²) < 4.78 is 5.60. The van der Waals surface area contributed by atoms with Crippen LogP contribution >= 0.6 is 0 Å². The standard InChI is InChI=1S/C16H11N3O4/c17-15(20)13-9-10-8-12(19(21)22)6-7-14(10)23-16(13)18-11-4-2-1-3-5-11/h1-9H,(H2,17,20). The Morgan fingerprint density at radius 2 is 1.87 bits per heavy atom. The molecule has 7 heteroatoms. The van der Waals surface area contributed by atoms with Crippen LogP contribution in [0.1, 0.15) is 10.4 Å². The molecule has 2 aromatic carbocycles. The monoisotopic (exact) mass is 309 g/mol. The zero-order valence-electron chi connectivity index (χ0n) is 11.8. The first-order valence-electron chi connectivity index (χ1n) is 6.66. The minimum atomic E-state index is -0.725. The molecule has 0 fully saturated rings. The maximum atomic E-state index is 11.6. The molecule has 1 aromatic heterocycles. The van der Waals surface area contributed by atoms with Crippen LogP contribution in [0.4, 0.5) is 11.4 Å². The predicted molar refractivity (Wildman–Crippen MR) is 83.1 cm³/mol. The Balaban J connectivity index is 2.27. The van der Waals surface area contributed by atoms with Crippen molar-refractivity contribution in [3.8, 4) is 0 Å². The van der Waals surface area contributed by atoms with Crippen molar-refractivity contribution in [3.63, 3.8) is 0 Å². The fourth-order valence-electron chi connectivity index (χ4n) is 2.11. The smallest absolute Gasteiger partial charge is 0.270 e. The highest BCUT2D eigenvalue weighted by Gasteiger charge is 2.12. The molecule has 0 saturated heterocycles. The second-order valence-electron chi connectivity index (χ2n) is 4.76. The van der Waals surface area contributed by atoms with Crippen LogP contribution in [-0.4, -0.2) is 10.8 Å². The molecule has 0 bridgehead atoms. The molecule has 0 aliphatic rings. The fourth-order valence-corrected chi connectivity index (χ4v) is 2.11. The minimum absolute atomic E-state index is 0.0573. The summed E-state index contributed by atoms with van der Waals surface area (Å²) in [6, 6.07) is 14.5. The van der Waals surface area contributed by atoms with Gasteiger partial charge in [-0.1, -0.05) is 18.2 Å². The lowest BCUT2D eigenvalue weighted by molar-refractivity contribution is -0.384. The zero-order chi connectivity index (χ0) is 16.4. The number of primary amides is 1. The Morgan fingerprint density at radius 3 is 2.52 bits per heavy atom. The zero-order valence-corrected chi connectivity index (χ0v) is 11.8. The van der Waals surface area contributed by atoms with Gasteiger partial charge in [-0.25, -0.2) is 4.99 Å². The van der Waals surface area contributed by atoms with Gasteiger partial charge in [0.15, 0.2) is 0 Å². The fraction of sp³-hybridized carbons (Fsp3) is 0. The van der Waals surface area contributed by atoms with E-state index in [2.05, 4.69) is 4.99 Å². The topological polar surface area (TPSA) is 112 Å². The lowest BCUT2D eigenvalue weighted by Gasteiger charge is -2.02. The van der Waals surface area contributed by atoms with Crippen molar-refractivity contribution in [3.05, 3.63) is 75.8 Å². The van der Waals surface area contributed by atoms with Crippen LogP contribution in [0.5, 0.6) is 0 Å². The number of nitrogens with two attached hydrogens (primary N) is 1. The molecule has 3 rings (SSSR count). The van der Waals surface area contributed by atoms with E-state index >= 15 is 0 Å². The van der Waals surface area contributed by atoms with Crippen molar-refractivity contribution in [2.24, 2.45) is 10.7 Å². The second-order valence-corrected chi connectivity index (χ2v) is 4.76. The lowest BCUT2D eigenvalue weighted by atomic mass is 10.1. The number of carbonyl (C=O) groups is 1. The number of nitrogens with zero attached hydrogens (tertiary/aromatic N) is 2. The molecule has 3 aromatic rings. The Kier molecular flexibility index (Phi) is 3.60. The van der Waals surface area contributed by atoms with Gasteiger partial charge in [0.25, 0.3) is 11.6 Å². The molecular formula is C16H11N3O4. The second kappa shape index (κ2) is 5.72. The summed E-state index contributed by atoms with van der Waals surface area (Å²) in [6.45, 7) is 0. The molecule has 0 spiro atoms. The number of carbonyl (C=O) groups excluding carboxylic acids is 1. The highest BCUT2D eigenvalue weighted by Crippen LogP contribution is 2.21. The van der Waals surface area contributed by atoms with Crippen LogP contribution in [0.2, 0.25) is 0 Å². The van der Waals surface area contributed by atoms with Gasteiger partial charge in [-0.2, -0.15) is 0 Å². The molecule has 23 heavy (non-hydrogen) atoms. The molecule has 2 N–H and O–H groups in total. The van der Waals surface area contributed by atoms with Gasteiger partial charge in [0.1, 0.15) is 11.1 Å². The van der Waals surface area contributed by atoms with Crippen LogP contribution < -0.4 is 11.3 Å². The third-order valence-corrected chi connectivity index (χ3v) is 3.19. The number of non-ortho nitro benzene ring substituents is 1. The van der Waals surface area contributed by atoms with Gasteiger partial charge in [-0.15, -0.1) is 0 Å². The summed E-state index contributed by atoms with van der Waals surface area (Å²) in [5.41, 5.74) is 6.35. The highest BCUT2D eigenvalue weighted by atomic mass is 16.6. The molecule has 7 nitrogen and oxygen atoms in total. The van der Waals surface area contributed by atoms with Gasteiger partial charge in [0.05, 0.1) is 10.6 Å². The molecular weight excluding hydrogens is 298 g/mol. The van der Waals surface area contributed by atoms with Crippen molar-refractivity contribution in [2.75, 3.05) is 0 Å². The first-order chi connectivity index (χ1) is 11.0. The van der Waals surface area contributed by atoms with Crippen LogP contribution in [-0.2, 0) is 0 Å². The van der Waals surface area contributed by atoms with E-state index in [0.717, 1.165) is 0 Å². The van der Waals surface area contributed by atoms with Crippen LogP contribution in [0.25, 0.3) is 11.0 Å². The molecule has 0 aliphatic heterocycles. The summed E-state index contributed by atoms with van der Waals surface area (Å²) in [5, 5.41) is 11.2. The van der Waals surface area contributed by atoms with E-state index in [0.29, 0.717) is 16.7 Å². The number of para-hydroxylation sites is 1. The van der Waals surface area contributed by atoms with E-state index in [4.69, 9.17) is 10.2 Å². The normalized spacial score (nSPS) is 11.6. The molecule has 1 amide bonds. The van der Waals surface area contributed by atoms with E-state index in [-0.39, 0.29) is 16.8 Å². The first kappa shape index (κ1) is 14.5. The van der Waals surface area contributed by atoms with E-state index in [1.54, 1.807) is 24.3 Å². The van der Waals surface area contributed by atoms with Gasteiger partial charge in [0, 0.05) is 17.5 Å². The van der Waals surface area contributed by atoms with Gasteiger partial charge in [-0.05, 0) is 24.3 Å². The maximum Gasteiger partial charge on any atom is 0.270 e. The Morgan fingerprint density at radius 1 is 1.13 bits per heavy atom. The predicted octanol–water partition coefficient (Wildman–Crippen LogP) is 2.67. The molecule has 0 aliphatic carbocycles. The third kappa shape index (κ3) is 2.93. The lowest BCUT2D eigenvalue weighted by Crippen LogP contribution is -2.21. The van der Waals surface area contributed by atoms with E-state index in [9.17, 15) is 14.9 Å². The molecule has 1 heterocycles. The molecule has 0 unspecified atom stereocenters. The van der Waals surface area contributed by atoms with Crippen LogP contribution in [0.3, 0.4) is 0 Å². The molecule has 0 atom stereocenters. The largest absolute Gasteiger partial charge is 0.438 e. The summed E-state index contributed by atoms with van der Waals surface area (Å²) in [4.78, 5) is 26.2. The number of amides is 1. The van der Waals surface area contributed by atoms with E-state index in [1.807, 2.05) is 6.07 Å². The maximum absolute atomic E-state index is 11.6. The number of hydrogen-bond donors (Lipinski definition) is 1. The number of benzene rings is 2. The Hall–Kier alpha value is -3.48. The van der Waals surface area contributed by atoms with E-state index in [1.165, 1.54) is 24.3 Å². The quantitative estimate of drug-likeness (QED) is 0.592. The number of nitro groups is 1. The van der Waals surface area contributed by atoms with Crippen molar-refractivity contribution in [1.82, 2.24) is 0 Å². The van der Waals surface area contributed by atoms with Crippen LogP contribution in [0.15, 0.2) is 64.0 Å². The Bertz CT molecular complexity index is 978. The van der Waals surface area contributed by atoms with Crippen molar-refractivity contribution in [1.29, 1.82) is 0 Å². The van der Waals surface area contributed by atoms with Crippen LogP contribution in [0, 0.1) is 10.1 Å². The summed E-state index contributed by atoms with van der Waals surface area (Å²) in [5.74, 6) is -0.725. The highest BCUT2D eigenvalue weighted by molar-refractivity contribution is 5.95. The van der Waals surface area contributed by atoms with Gasteiger partial charge in [0.2, 0.25) is 5.55 Å². The van der Waals surface area contributed by atoms with Gasteiger partial charge >= 0.3 is 0 Å². The average molecular weight is 309 g/mol. The molecule has 0 radical (unpaired) electrons. The number of nitro benzene ring substituents is 1. The number of fused-ring (bicyclic) bond motifs is 1. The van der Waals surface area contributed by atoms with Gasteiger partial charge < -0.3 is 10.2 Å². The summed E-state index contributed by atoms with van der Waals surface area (Å²) >= 11 is 0. The van der Waals surface area contributed by atoms with Crippen molar-refractivity contribution >= 4 is 28.3 Å². The summed E-state index contributed by atoms with van der Waals surface area (Å²) in [7, 11) is 0. The minimum Gasteiger partial charge on any atom is -0.438 e. The number of hydrogen-bond acceptors (Lipinski definition) is 5. The summed E-state index contributed by atoms with van der Waals surface area (Å²) in [6.07, 6.45) is 0. The molecule has 0 saturated carbocycles. The van der Waals surface area contributed by atoms with Gasteiger partial charge in [-0.3, -0.25) is 14.9 Å². The SMILES string of the molecule is NC(=O)c1cc2cc([N+](=O)[O-])ccc2oc1=Nc1ccccc1. The van der Waals surface area contributed by atoms with Crippen molar-refractivity contribution < 1.29 is 14.1 Å². The van der Waals surface area contributed by atoms with Crippen molar-refractivity contribution in [2.45, 2.75) is 0 Å². The number of rotatable bonds is 3. The third-order valence-electron chi connectivity index (χ3n) is 3.19.